The van der Waals surface area contributed by atoms with Crippen LogP contribution in [0.5, 0.6) is 0 Å². The molecule has 6 nitrogen and oxygen atoms in total. The highest BCUT2D eigenvalue weighted by Crippen LogP contribution is 2.23. The molecule has 0 aliphatic carbocycles. The lowest BCUT2D eigenvalue weighted by Gasteiger charge is -2.33. The van der Waals surface area contributed by atoms with E-state index in [1.807, 2.05) is 36.4 Å². The highest BCUT2D eigenvalue weighted by atomic mass is 19.1. The Hall–Kier alpha value is -3.58. The van der Waals surface area contributed by atoms with Crippen molar-refractivity contribution in [1.82, 2.24) is 9.88 Å². The molecule has 0 spiro atoms. The SMILES string of the molecule is CCCNc1ccc(C(=O)N(CCN2CCC(C(=O)c3ccc(F)cc3)CC2)c2cccnc2)cc1. The van der Waals surface area contributed by atoms with Crippen molar-refractivity contribution >= 4 is 23.1 Å². The van der Waals surface area contributed by atoms with E-state index in [2.05, 4.69) is 22.1 Å². The molecule has 0 saturated carbocycles. The van der Waals surface area contributed by atoms with Crippen LogP contribution in [0.1, 0.15) is 46.9 Å². The standard InChI is InChI=1S/C29H33FN4O2/c1-2-15-32-26-11-7-24(8-12-26)29(36)34(27-4-3-16-31-21-27)20-19-33-17-13-23(14-18-33)28(35)22-5-9-25(30)10-6-22/h3-12,16,21,23,32H,2,13-15,17-20H2,1H3. The molecule has 7 heteroatoms. The second-order valence-corrected chi connectivity index (χ2v) is 9.16. The van der Waals surface area contributed by atoms with E-state index in [-0.39, 0.29) is 23.4 Å². The number of nitrogens with zero attached hydrogens (tertiary/aromatic N) is 3. The maximum absolute atomic E-state index is 13.5. The van der Waals surface area contributed by atoms with Crippen LogP contribution in [0.4, 0.5) is 15.8 Å². The number of carbonyl (C=O) groups excluding carboxylic acids is 2. The number of anilines is 2. The minimum absolute atomic E-state index is 0.0531. The summed E-state index contributed by atoms with van der Waals surface area (Å²) in [6.45, 7) is 5.80. The lowest BCUT2D eigenvalue weighted by Crippen LogP contribution is -2.43. The Morgan fingerprint density at radius 3 is 2.36 bits per heavy atom. The summed E-state index contributed by atoms with van der Waals surface area (Å²) in [4.78, 5) is 34.5. The molecule has 1 aliphatic heterocycles. The number of hydrogen-bond acceptors (Lipinski definition) is 5. The lowest BCUT2D eigenvalue weighted by molar-refractivity contribution is 0.0841. The molecule has 1 aromatic heterocycles. The second-order valence-electron chi connectivity index (χ2n) is 9.16. The van der Waals surface area contributed by atoms with Crippen molar-refractivity contribution in [1.29, 1.82) is 0 Å². The Kier molecular flexibility index (Phi) is 8.79. The molecule has 0 unspecified atom stereocenters. The highest BCUT2D eigenvalue weighted by molar-refractivity contribution is 6.06. The molecule has 3 aromatic rings. The van der Waals surface area contributed by atoms with Crippen LogP contribution in [-0.4, -0.2) is 54.3 Å². The number of amides is 1. The molecule has 188 valence electrons. The fourth-order valence-corrected chi connectivity index (χ4v) is 4.53. The van der Waals surface area contributed by atoms with Gasteiger partial charge in [-0.25, -0.2) is 4.39 Å². The molecular weight excluding hydrogens is 455 g/mol. The van der Waals surface area contributed by atoms with Crippen LogP contribution in [0.15, 0.2) is 73.1 Å². The van der Waals surface area contributed by atoms with Gasteiger partial charge in [-0.3, -0.25) is 14.6 Å². The third-order valence-corrected chi connectivity index (χ3v) is 6.64. The van der Waals surface area contributed by atoms with Gasteiger partial charge in [0.15, 0.2) is 5.78 Å². The van der Waals surface area contributed by atoms with Gasteiger partial charge in [-0.1, -0.05) is 6.92 Å². The van der Waals surface area contributed by atoms with E-state index < -0.39 is 0 Å². The predicted octanol–water partition coefficient (Wildman–Crippen LogP) is 5.28. The Morgan fingerprint density at radius 2 is 1.72 bits per heavy atom. The van der Waals surface area contributed by atoms with E-state index in [4.69, 9.17) is 0 Å². The summed E-state index contributed by atoms with van der Waals surface area (Å²) >= 11 is 0. The van der Waals surface area contributed by atoms with E-state index in [9.17, 15) is 14.0 Å². The molecule has 36 heavy (non-hydrogen) atoms. The normalized spacial score (nSPS) is 14.4. The summed E-state index contributed by atoms with van der Waals surface area (Å²) in [5.41, 5.74) is 2.96. The summed E-state index contributed by atoms with van der Waals surface area (Å²) in [5, 5.41) is 3.33. The minimum Gasteiger partial charge on any atom is -0.385 e. The molecule has 0 atom stereocenters. The van der Waals surface area contributed by atoms with Crippen LogP contribution >= 0.6 is 0 Å². The monoisotopic (exact) mass is 488 g/mol. The van der Waals surface area contributed by atoms with E-state index in [1.54, 1.807) is 29.4 Å². The molecule has 1 fully saturated rings. The zero-order valence-corrected chi connectivity index (χ0v) is 20.7. The number of benzene rings is 2. The number of Topliss-reactive ketones (excluding diaryl/α,β-unsaturated/α-hetero) is 1. The topological polar surface area (TPSA) is 65.5 Å². The third-order valence-electron chi connectivity index (χ3n) is 6.64. The van der Waals surface area contributed by atoms with Gasteiger partial charge < -0.3 is 15.1 Å². The van der Waals surface area contributed by atoms with Crippen LogP contribution in [0.25, 0.3) is 0 Å². The Bertz CT molecular complexity index is 1130. The number of halogens is 1. The van der Waals surface area contributed by atoms with Gasteiger partial charge in [0.2, 0.25) is 0 Å². The minimum atomic E-state index is -0.335. The van der Waals surface area contributed by atoms with Gasteiger partial charge in [-0.05, 0) is 93.0 Å². The second kappa shape index (κ2) is 12.4. The van der Waals surface area contributed by atoms with Crippen molar-refractivity contribution in [2.75, 3.05) is 42.9 Å². The first-order valence-corrected chi connectivity index (χ1v) is 12.6. The average molecular weight is 489 g/mol. The van der Waals surface area contributed by atoms with Gasteiger partial charge in [0.05, 0.1) is 11.9 Å². The number of nitrogens with one attached hydrogen (secondary N) is 1. The Labute approximate surface area is 212 Å². The molecule has 1 aliphatic rings. The number of likely N-dealkylation sites (tertiary alicyclic amines) is 1. The largest absolute Gasteiger partial charge is 0.385 e. The lowest BCUT2D eigenvalue weighted by atomic mass is 9.89. The van der Waals surface area contributed by atoms with Gasteiger partial charge in [0.25, 0.3) is 5.91 Å². The van der Waals surface area contributed by atoms with Crippen LogP contribution in [0.2, 0.25) is 0 Å². The molecule has 0 bridgehead atoms. The summed E-state index contributed by atoms with van der Waals surface area (Å²) in [6.07, 6.45) is 5.95. The number of ketones is 1. The zero-order chi connectivity index (χ0) is 25.3. The maximum atomic E-state index is 13.5. The van der Waals surface area contributed by atoms with E-state index >= 15 is 0 Å². The van der Waals surface area contributed by atoms with Gasteiger partial charge >= 0.3 is 0 Å². The Balaban J connectivity index is 1.37. The molecule has 1 N–H and O–H groups in total. The van der Waals surface area contributed by atoms with Crippen LogP contribution in [0, 0.1) is 11.7 Å². The maximum Gasteiger partial charge on any atom is 0.258 e. The number of piperidine rings is 1. The van der Waals surface area contributed by atoms with Gasteiger partial charge in [-0.2, -0.15) is 0 Å². The molecular formula is C29H33FN4O2. The van der Waals surface area contributed by atoms with Gasteiger partial charge in [0, 0.05) is 48.6 Å². The van der Waals surface area contributed by atoms with Gasteiger partial charge in [-0.15, -0.1) is 0 Å². The van der Waals surface area contributed by atoms with E-state index in [0.717, 1.165) is 50.3 Å². The first-order valence-electron chi connectivity index (χ1n) is 12.6. The van der Waals surface area contributed by atoms with Crippen LogP contribution in [-0.2, 0) is 0 Å². The molecule has 1 saturated heterocycles. The predicted molar refractivity (Wildman–Crippen MR) is 141 cm³/mol. The fraction of sp³-hybridized carbons (Fsp3) is 0.345. The number of rotatable bonds is 10. The quantitative estimate of drug-likeness (QED) is 0.393. The van der Waals surface area contributed by atoms with Crippen molar-refractivity contribution in [3.8, 4) is 0 Å². The fourth-order valence-electron chi connectivity index (χ4n) is 4.53. The summed E-state index contributed by atoms with van der Waals surface area (Å²) in [5.74, 6) is -0.370. The zero-order valence-electron chi connectivity index (χ0n) is 20.7. The molecule has 2 heterocycles. The number of hydrogen-bond donors (Lipinski definition) is 1. The summed E-state index contributed by atoms with van der Waals surface area (Å²) in [6, 6.07) is 17.1. The van der Waals surface area contributed by atoms with Crippen molar-refractivity contribution in [3.05, 3.63) is 90.0 Å². The summed E-state index contributed by atoms with van der Waals surface area (Å²) < 4.78 is 13.2. The van der Waals surface area contributed by atoms with E-state index in [0.29, 0.717) is 24.2 Å². The number of aromatic nitrogens is 1. The average Bonchev–Trinajstić information content (AvgIpc) is 2.93. The van der Waals surface area contributed by atoms with Crippen molar-refractivity contribution in [2.24, 2.45) is 5.92 Å². The molecule has 1 amide bonds. The molecule has 4 rings (SSSR count). The third kappa shape index (κ3) is 6.55. The molecule has 2 aromatic carbocycles. The van der Waals surface area contributed by atoms with Crippen molar-refractivity contribution in [2.45, 2.75) is 26.2 Å². The number of pyridine rings is 1. The first kappa shape index (κ1) is 25.5. The van der Waals surface area contributed by atoms with Crippen molar-refractivity contribution in [3.63, 3.8) is 0 Å². The number of carbonyl (C=O) groups is 2. The first-order chi connectivity index (χ1) is 17.5. The van der Waals surface area contributed by atoms with Crippen molar-refractivity contribution < 1.29 is 14.0 Å². The van der Waals surface area contributed by atoms with E-state index in [1.165, 1.54) is 12.1 Å². The summed E-state index contributed by atoms with van der Waals surface area (Å²) in [7, 11) is 0. The van der Waals surface area contributed by atoms with Crippen LogP contribution in [0.3, 0.4) is 0 Å². The van der Waals surface area contributed by atoms with Crippen LogP contribution < -0.4 is 10.2 Å². The Morgan fingerprint density at radius 1 is 1.03 bits per heavy atom. The highest BCUT2D eigenvalue weighted by Gasteiger charge is 2.27. The van der Waals surface area contributed by atoms with Gasteiger partial charge in [0.1, 0.15) is 5.82 Å². The molecule has 0 radical (unpaired) electrons. The smallest absolute Gasteiger partial charge is 0.258 e.